The van der Waals surface area contributed by atoms with Crippen LogP contribution in [-0.2, 0) is 0 Å². The van der Waals surface area contributed by atoms with Crippen molar-refractivity contribution in [1.29, 1.82) is 0 Å². The number of hydrogen-bond acceptors (Lipinski definition) is 4. The Morgan fingerprint density at radius 1 is 1.21 bits per heavy atom. The first-order valence-corrected chi connectivity index (χ1v) is 5.75. The standard InChI is InChI=1S/C13H11FN4O/c1-8-3-4-11(9(2)5-8)19-18-7-16-10-6-15-13(14)17-12(10)18/h3-7H,1-2H3. The van der Waals surface area contributed by atoms with Crippen LogP contribution in [0.15, 0.2) is 30.7 Å². The van der Waals surface area contributed by atoms with Crippen molar-refractivity contribution in [2.75, 3.05) is 0 Å². The molecule has 0 saturated heterocycles. The van der Waals surface area contributed by atoms with Gasteiger partial charge in [0.1, 0.15) is 11.8 Å². The van der Waals surface area contributed by atoms with Gasteiger partial charge in [0.25, 0.3) is 0 Å². The second-order valence-corrected chi connectivity index (χ2v) is 4.28. The molecule has 0 radical (unpaired) electrons. The highest BCUT2D eigenvalue weighted by Gasteiger charge is 2.09. The Hall–Kier alpha value is -2.50. The number of halogens is 1. The zero-order chi connectivity index (χ0) is 13.4. The van der Waals surface area contributed by atoms with Crippen LogP contribution in [0.2, 0.25) is 0 Å². The maximum Gasteiger partial charge on any atom is 0.310 e. The van der Waals surface area contributed by atoms with Crippen LogP contribution in [0.3, 0.4) is 0 Å². The number of rotatable bonds is 2. The Morgan fingerprint density at radius 3 is 2.84 bits per heavy atom. The Labute approximate surface area is 108 Å². The molecule has 0 aliphatic carbocycles. The minimum absolute atomic E-state index is 0.299. The van der Waals surface area contributed by atoms with Crippen molar-refractivity contribution in [2.24, 2.45) is 0 Å². The molecule has 0 aliphatic rings. The number of aryl methyl sites for hydroxylation is 2. The summed E-state index contributed by atoms with van der Waals surface area (Å²) >= 11 is 0. The third kappa shape index (κ3) is 2.12. The summed E-state index contributed by atoms with van der Waals surface area (Å²) in [6.45, 7) is 3.95. The molecule has 0 aliphatic heterocycles. The molecule has 6 heteroatoms. The number of nitrogens with zero attached hydrogens (tertiary/aromatic N) is 4. The van der Waals surface area contributed by atoms with Crippen LogP contribution in [0, 0.1) is 19.9 Å². The van der Waals surface area contributed by atoms with Gasteiger partial charge in [-0.15, -0.1) is 4.73 Å². The highest BCUT2D eigenvalue weighted by molar-refractivity contribution is 5.68. The predicted octanol–water partition coefficient (Wildman–Crippen LogP) is 2.42. The summed E-state index contributed by atoms with van der Waals surface area (Å²) in [5, 5.41) is 0. The molecule has 3 rings (SSSR count). The molecule has 3 aromatic rings. The summed E-state index contributed by atoms with van der Waals surface area (Å²) in [7, 11) is 0. The lowest BCUT2D eigenvalue weighted by atomic mass is 10.1. The molecule has 0 N–H and O–H groups in total. The SMILES string of the molecule is Cc1ccc(On2cnc3cnc(F)nc32)c(C)c1. The van der Waals surface area contributed by atoms with E-state index in [-0.39, 0.29) is 0 Å². The van der Waals surface area contributed by atoms with Gasteiger partial charge in [0.2, 0.25) is 5.65 Å². The van der Waals surface area contributed by atoms with Gasteiger partial charge in [-0.1, -0.05) is 17.7 Å². The monoisotopic (exact) mass is 258 g/mol. The highest BCUT2D eigenvalue weighted by atomic mass is 19.1. The topological polar surface area (TPSA) is 52.8 Å². The predicted molar refractivity (Wildman–Crippen MR) is 67.2 cm³/mol. The molecule has 2 heterocycles. The molecule has 0 amide bonds. The lowest BCUT2D eigenvalue weighted by Gasteiger charge is -2.09. The quantitative estimate of drug-likeness (QED) is 0.662. The van der Waals surface area contributed by atoms with E-state index in [1.54, 1.807) is 0 Å². The summed E-state index contributed by atoms with van der Waals surface area (Å²) in [4.78, 5) is 16.8. The lowest BCUT2D eigenvalue weighted by molar-refractivity contribution is 0.223. The fourth-order valence-electron chi connectivity index (χ4n) is 1.84. The summed E-state index contributed by atoms with van der Waals surface area (Å²) in [6, 6.07) is 5.80. The van der Waals surface area contributed by atoms with Crippen LogP contribution in [0.5, 0.6) is 5.75 Å². The molecule has 0 spiro atoms. The fourth-order valence-corrected chi connectivity index (χ4v) is 1.84. The maximum atomic E-state index is 13.0. The molecular formula is C13H11FN4O. The van der Waals surface area contributed by atoms with Crippen molar-refractivity contribution in [2.45, 2.75) is 13.8 Å². The van der Waals surface area contributed by atoms with Crippen LogP contribution in [0.4, 0.5) is 4.39 Å². The number of benzene rings is 1. The van der Waals surface area contributed by atoms with Gasteiger partial charge in [-0.05, 0) is 25.5 Å². The Morgan fingerprint density at radius 2 is 2.05 bits per heavy atom. The van der Waals surface area contributed by atoms with Crippen molar-refractivity contribution in [3.05, 3.63) is 47.9 Å². The van der Waals surface area contributed by atoms with Crippen molar-refractivity contribution < 1.29 is 9.23 Å². The van der Waals surface area contributed by atoms with E-state index < -0.39 is 6.08 Å². The van der Waals surface area contributed by atoms with E-state index in [4.69, 9.17) is 4.84 Å². The largest absolute Gasteiger partial charge is 0.372 e. The number of hydrogen-bond donors (Lipinski definition) is 0. The van der Waals surface area contributed by atoms with E-state index in [1.807, 2.05) is 32.0 Å². The van der Waals surface area contributed by atoms with Crippen LogP contribution in [0.25, 0.3) is 11.2 Å². The first-order chi connectivity index (χ1) is 9.13. The van der Waals surface area contributed by atoms with Gasteiger partial charge in [-0.25, -0.2) is 9.97 Å². The van der Waals surface area contributed by atoms with E-state index in [2.05, 4.69) is 15.0 Å². The maximum absolute atomic E-state index is 13.0. The fraction of sp³-hybridized carbons (Fsp3) is 0.154. The van der Waals surface area contributed by atoms with Crippen LogP contribution < -0.4 is 4.84 Å². The first-order valence-electron chi connectivity index (χ1n) is 5.75. The van der Waals surface area contributed by atoms with Gasteiger partial charge in [-0.3, -0.25) is 0 Å². The van der Waals surface area contributed by atoms with E-state index >= 15 is 0 Å². The number of imidazole rings is 1. The second-order valence-electron chi connectivity index (χ2n) is 4.28. The molecule has 0 unspecified atom stereocenters. The van der Waals surface area contributed by atoms with Crippen LogP contribution in [-0.4, -0.2) is 19.7 Å². The highest BCUT2D eigenvalue weighted by Crippen LogP contribution is 2.20. The minimum Gasteiger partial charge on any atom is -0.372 e. The third-order valence-electron chi connectivity index (χ3n) is 2.76. The average Bonchev–Trinajstić information content (AvgIpc) is 2.75. The Kier molecular flexibility index (Phi) is 2.63. The van der Waals surface area contributed by atoms with Crippen molar-refractivity contribution in [1.82, 2.24) is 19.7 Å². The molecule has 0 fully saturated rings. The van der Waals surface area contributed by atoms with Gasteiger partial charge in [0, 0.05) is 0 Å². The smallest absolute Gasteiger partial charge is 0.310 e. The molecule has 2 aromatic heterocycles. The summed E-state index contributed by atoms with van der Waals surface area (Å²) < 4.78 is 14.4. The second kappa shape index (κ2) is 4.31. The summed E-state index contributed by atoms with van der Waals surface area (Å²) in [5.41, 5.74) is 2.91. The van der Waals surface area contributed by atoms with E-state index in [9.17, 15) is 4.39 Å². The zero-order valence-corrected chi connectivity index (χ0v) is 10.5. The number of aromatic nitrogens is 4. The first kappa shape index (κ1) is 11.6. The van der Waals surface area contributed by atoms with Crippen molar-refractivity contribution in [3.63, 3.8) is 0 Å². The molecule has 0 saturated carbocycles. The Bertz CT molecular complexity index is 753. The summed E-state index contributed by atoms with van der Waals surface area (Å²) in [6.07, 6.45) is 1.95. The third-order valence-corrected chi connectivity index (χ3v) is 2.76. The molecule has 19 heavy (non-hydrogen) atoms. The van der Waals surface area contributed by atoms with Crippen LogP contribution >= 0.6 is 0 Å². The average molecular weight is 258 g/mol. The molecule has 96 valence electrons. The van der Waals surface area contributed by atoms with Crippen LogP contribution in [0.1, 0.15) is 11.1 Å². The number of fused-ring (bicyclic) bond motifs is 1. The van der Waals surface area contributed by atoms with Gasteiger partial charge in [-0.2, -0.15) is 9.37 Å². The molecular weight excluding hydrogens is 247 g/mol. The van der Waals surface area contributed by atoms with Gasteiger partial charge in [0.05, 0.1) is 6.20 Å². The Balaban J connectivity index is 2.03. The van der Waals surface area contributed by atoms with E-state index in [0.29, 0.717) is 16.9 Å². The van der Waals surface area contributed by atoms with E-state index in [0.717, 1.165) is 11.1 Å². The normalized spacial score (nSPS) is 10.9. The lowest BCUT2D eigenvalue weighted by Crippen LogP contribution is -2.06. The molecule has 1 aromatic carbocycles. The molecule has 5 nitrogen and oxygen atoms in total. The van der Waals surface area contributed by atoms with Gasteiger partial charge >= 0.3 is 6.08 Å². The molecule has 0 atom stereocenters. The van der Waals surface area contributed by atoms with E-state index in [1.165, 1.54) is 17.3 Å². The zero-order valence-electron chi connectivity index (χ0n) is 10.5. The van der Waals surface area contributed by atoms with Gasteiger partial charge < -0.3 is 4.84 Å². The molecule has 0 bridgehead atoms. The summed E-state index contributed by atoms with van der Waals surface area (Å²) in [5.74, 6) is 0.670. The van der Waals surface area contributed by atoms with Crippen molar-refractivity contribution in [3.8, 4) is 5.75 Å². The van der Waals surface area contributed by atoms with Crippen molar-refractivity contribution >= 4 is 11.2 Å². The minimum atomic E-state index is -0.807. The van der Waals surface area contributed by atoms with Gasteiger partial charge in [0.15, 0.2) is 5.75 Å².